The van der Waals surface area contributed by atoms with E-state index in [0.717, 1.165) is 17.7 Å². The molecule has 0 aliphatic rings. The monoisotopic (exact) mass is 559 g/mol. The average Bonchev–Trinajstić information content (AvgIpc) is 2.76. The summed E-state index contributed by atoms with van der Waals surface area (Å²) < 4.78 is 34.1. The Morgan fingerprint density at radius 2 is 1.75 bits per heavy atom. The van der Waals surface area contributed by atoms with Gasteiger partial charge >= 0.3 is 6.61 Å². The first-order valence-electron chi connectivity index (χ1n) is 9.92. The molecule has 2 aromatic rings. The van der Waals surface area contributed by atoms with Crippen molar-refractivity contribution in [2.75, 3.05) is 26.2 Å². The summed E-state index contributed by atoms with van der Waals surface area (Å²) in [5, 5.41) is 16.7. The van der Waals surface area contributed by atoms with Gasteiger partial charge in [-0.3, -0.25) is 4.99 Å². The van der Waals surface area contributed by atoms with Crippen LogP contribution < -0.4 is 20.1 Å². The highest BCUT2D eigenvalue weighted by Crippen LogP contribution is 2.19. The predicted molar refractivity (Wildman–Crippen MR) is 132 cm³/mol. The first kappa shape index (κ1) is 27.5. The van der Waals surface area contributed by atoms with Gasteiger partial charge in [-0.1, -0.05) is 30.2 Å². The second-order valence-corrected chi connectivity index (χ2v) is 6.50. The van der Waals surface area contributed by atoms with E-state index in [1.807, 2.05) is 31.2 Å². The first-order chi connectivity index (χ1) is 15.0. The van der Waals surface area contributed by atoms with Crippen LogP contribution in [0.1, 0.15) is 24.2 Å². The molecule has 0 radical (unpaired) electrons. The van der Waals surface area contributed by atoms with Gasteiger partial charge in [-0.05, 0) is 48.7 Å². The molecule has 0 bridgehead atoms. The Kier molecular flexibility index (Phi) is 13.1. The van der Waals surface area contributed by atoms with E-state index in [9.17, 15) is 13.9 Å². The number of aliphatic hydroxyl groups is 1. The van der Waals surface area contributed by atoms with Gasteiger partial charge < -0.3 is 25.2 Å². The molecule has 0 amide bonds. The van der Waals surface area contributed by atoms with E-state index < -0.39 is 12.7 Å². The summed E-state index contributed by atoms with van der Waals surface area (Å²) in [6.07, 6.45) is 5.08. The number of aliphatic hydroxyl groups excluding tert-OH is 1. The number of nitrogens with one attached hydrogen (secondary N) is 2. The van der Waals surface area contributed by atoms with Crippen LogP contribution in [0.2, 0.25) is 0 Å². The minimum absolute atomic E-state index is 0. The molecule has 2 aromatic carbocycles. The molecule has 0 aliphatic carbocycles. The van der Waals surface area contributed by atoms with Crippen molar-refractivity contribution in [2.45, 2.75) is 26.1 Å². The van der Waals surface area contributed by atoms with Gasteiger partial charge in [-0.25, -0.2) is 0 Å². The highest BCUT2D eigenvalue weighted by molar-refractivity contribution is 14.0. The van der Waals surface area contributed by atoms with E-state index in [1.165, 1.54) is 24.3 Å². The molecular weight excluding hydrogens is 531 g/mol. The fraction of sp³-hybridized carbons (Fsp3) is 0.348. The lowest BCUT2D eigenvalue weighted by molar-refractivity contribution is -0.0498. The summed E-state index contributed by atoms with van der Waals surface area (Å²) in [4.78, 5) is 4.39. The van der Waals surface area contributed by atoms with Crippen LogP contribution >= 0.6 is 24.0 Å². The van der Waals surface area contributed by atoms with E-state index in [4.69, 9.17) is 11.2 Å². The third-order valence-electron chi connectivity index (χ3n) is 4.21. The summed E-state index contributed by atoms with van der Waals surface area (Å²) >= 11 is 0. The number of hydrogen-bond acceptors (Lipinski definition) is 4. The molecule has 174 valence electrons. The summed E-state index contributed by atoms with van der Waals surface area (Å²) in [5.74, 6) is 3.77. The molecule has 0 aliphatic heterocycles. The molecule has 3 N–H and O–H groups in total. The van der Waals surface area contributed by atoms with Crippen molar-refractivity contribution in [3.63, 3.8) is 0 Å². The number of ether oxygens (including phenoxy) is 2. The summed E-state index contributed by atoms with van der Waals surface area (Å²) in [6.45, 7) is 0.738. The number of terminal acetylenes is 1. The summed E-state index contributed by atoms with van der Waals surface area (Å²) in [6, 6.07) is 13.6. The minimum Gasteiger partial charge on any atom is -0.481 e. The van der Waals surface area contributed by atoms with Gasteiger partial charge in [0.25, 0.3) is 0 Å². The van der Waals surface area contributed by atoms with Crippen molar-refractivity contribution in [1.82, 2.24) is 10.6 Å². The third kappa shape index (κ3) is 10.2. The number of benzene rings is 2. The van der Waals surface area contributed by atoms with E-state index in [1.54, 1.807) is 0 Å². The maximum absolute atomic E-state index is 12.2. The molecule has 0 heterocycles. The molecule has 6 nitrogen and oxygen atoms in total. The minimum atomic E-state index is -2.88. The number of aliphatic imine (C=N–C) groups is 1. The first-order valence-corrected chi connectivity index (χ1v) is 9.92. The highest BCUT2D eigenvalue weighted by Gasteiger charge is 2.09. The van der Waals surface area contributed by atoms with Crippen LogP contribution in [0.3, 0.4) is 0 Å². The van der Waals surface area contributed by atoms with Crippen LogP contribution in [0.4, 0.5) is 8.78 Å². The maximum atomic E-state index is 12.2. The zero-order valence-electron chi connectivity index (χ0n) is 17.8. The SMILES string of the molecule is C#CCOc1ccc(CCNC(=NCC(O)c2ccc(OC(F)F)cc2)NCC)cc1.I. The zero-order valence-corrected chi connectivity index (χ0v) is 20.1. The highest BCUT2D eigenvalue weighted by atomic mass is 127. The van der Waals surface area contributed by atoms with Crippen molar-refractivity contribution in [1.29, 1.82) is 0 Å². The Morgan fingerprint density at radius 1 is 1.09 bits per heavy atom. The van der Waals surface area contributed by atoms with Crippen LogP contribution in [0.5, 0.6) is 11.5 Å². The van der Waals surface area contributed by atoms with Crippen molar-refractivity contribution in [3.8, 4) is 23.8 Å². The van der Waals surface area contributed by atoms with E-state index in [0.29, 0.717) is 24.6 Å². The van der Waals surface area contributed by atoms with Gasteiger partial charge in [-0.15, -0.1) is 30.4 Å². The molecule has 1 atom stereocenters. The summed E-state index contributed by atoms with van der Waals surface area (Å²) in [7, 11) is 0. The lowest BCUT2D eigenvalue weighted by Gasteiger charge is -2.14. The predicted octanol–water partition coefficient (Wildman–Crippen LogP) is 3.75. The Bertz CT molecular complexity index is 856. The molecule has 0 saturated heterocycles. The molecule has 0 spiro atoms. The van der Waals surface area contributed by atoms with E-state index >= 15 is 0 Å². The maximum Gasteiger partial charge on any atom is 0.387 e. The molecule has 2 rings (SSSR count). The smallest absolute Gasteiger partial charge is 0.387 e. The second kappa shape index (κ2) is 15.3. The average molecular weight is 559 g/mol. The lowest BCUT2D eigenvalue weighted by atomic mass is 10.1. The van der Waals surface area contributed by atoms with Gasteiger partial charge in [0.15, 0.2) is 5.96 Å². The fourth-order valence-electron chi connectivity index (χ4n) is 2.70. The lowest BCUT2D eigenvalue weighted by Crippen LogP contribution is -2.38. The Morgan fingerprint density at radius 3 is 2.34 bits per heavy atom. The standard InChI is InChI=1S/C23H27F2N3O3.HI/c1-3-15-30-19-9-5-17(6-10-19)13-14-27-23(26-4-2)28-16-21(29)18-7-11-20(12-8-18)31-22(24)25;/h1,5-12,21-22,29H,4,13-16H2,2H3,(H2,26,27,28);1H. The van der Waals surface area contributed by atoms with E-state index in [-0.39, 0.29) is 42.9 Å². The quantitative estimate of drug-likeness (QED) is 0.169. The van der Waals surface area contributed by atoms with Crippen molar-refractivity contribution in [2.24, 2.45) is 4.99 Å². The Labute approximate surface area is 204 Å². The van der Waals surface area contributed by atoms with Gasteiger partial charge in [0, 0.05) is 13.1 Å². The van der Waals surface area contributed by atoms with Crippen molar-refractivity contribution in [3.05, 3.63) is 59.7 Å². The third-order valence-corrected chi connectivity index (χ3v) is 4.21. The molecule has 0 aromatic heterocycles. The van der Waals surface area contributed by atoms with E-state index in [2.05, 4.69) is 26.3 Å². The number of halogens is 3. The molecule has 0 fully saturated rings. The normalized spacial score (nSPS) is 11.8. The summed E-state index contributed by atoms with van der Waals surface area (Å²) in [5.41, 5.74) is 1.69. The van der Waals surface area contributed by atoms with Gasteiger partial charge in [-0.2, -0.15) is 8.78 Å². The zero-order chi connectivity index (χ0) is 22.5. The number of guanidine groups is 1. The fourth-order valence-corrected chi connectivity index (χ4v) is 2.70. The van der Waals surface area contributed by atoms with Crippen LogP contribution in [0, 0.1) is 12.3 Å². The van der Waals surface area contributed by atoms with Gasteiger partial charge in [0.1, 0.15) is 18.1 Å². The number of alkyl halides is 2. The number of hydrogen-bond donors (Lipinski definition) is 3. The van der Waals surface area contributed by atoms with Crippen molar-refractivity contribution < 1.29 is 23.4 Å². The second-order valence-electron chi connectivity index (χ2n) is 6.50. The Hall–Kier alpha value is -2.58. The Balaban J connectivity index is 0.00000512. The van der Waals surface area contributed by atoms with Crippen LogP contribution in [-0.2, 0) is 6.42 Å². The van der Waals surface area contributed by atoms with Crippen LogP contribution in [-0.4, -0.2) is 43.9 Å². The molecule has 32 heavy (non-hydrogen) atoms. The number of rotatable bonds is 11. The topological polar surface area (TPSA) is 75.1 Å². The molecule has 1 unspecified atom stereocenters. The molecule has 9 heteroatoms. The van der Waals surface area contributed by atoms with Gasteiger partial charge in [0.2, 0.25) is 0 Å². The van der Waals surface area contributed by atoms with Crippen LogP contribution in [0.15, 0.2) is 53.5 Å². The molecule has 0 saturated carbocycles. The van der Waals surface area contributed by atoms with Crippen molar-refractivity contribution >= 4 is 29.9 Å². The van der Waals surface area contributed by atoms with Gasteiger partial charge in [0.05, 0.1) is 12.6 Å². The molecular formula is C23H28F2IN3O3. The number of nitrogens with zero attached hydrogens (tertiary/aromatic N) is 1. The van der Waals surface area contributed by atoms with Crippen LogP contribution in [0.25, 0.3) is 0 Å². The largest absolute Gasteiger partial charge is 0.481 e.